The lowest BCUT2D eigenvalue weighted by atomic mass is 10.2. The van der Waals surface area contributed by atoms with Crippen molar-refractivity contribution in [1.82, 2.24) is 19.7 Å². The number of hydrogen-bond acceptors (Lipinski definition) is 5. The highest BCUT2D eigenvalue weighted by Gasteiger charge is 2.21. The monoisotopic (exact) mass is 261 g/mol. The average molecular weight is 261 g/mol. The second kappa shape index (κ2) is 5.11. The fourth-order valence-corrected chi connectivity index (χ4v) is 2.12. The Balaban J connectivity index is 3.20. The van der Waals surface area contributed by atoms with E-state index < -0.39 is 10.0 Å². The molecule has 0 bridgehead atoms. The third-order valence-corrected chi connectivity index (χ3v) is 2.86. The molecule has 8 heteroatoms. The minimum atomic E-state index is -3.82. The molecule has 0 saturated heterocycles. The molecule has 1 heterocycles. The molecule has 0 aliphatic carbocycles. The van der Waals surface area contributed by atoms with Gasteiger partial charge in [-0.3, -0.25) is 4.57 Å². The predicted octanol–water partition coefficient (Wildman–Crippen LogP) is -0.357. The van der Waals surface area contributed by atoms with Crippen molar-refractivity contribution >= 4 is 10.0 Å². The Morgan fingerprint density at radius 1 is 1.35 bits per heavy atom. The molecule has 17 heavy (non-hydrogen) atoms. The summed E-state index contributed by atoms with van der Waals surface area (Å²) in [5, 5.41) is 12.5. The Kier molecular flexibility index (Phi) is 4.23. The number of nitrogens with two attached hydrogens (primary N) is 1. The zero-order valence-electron chi connectivity index (χ0n) is 10.6. The molecule has 0 fully saturated rings. The van der Waals surface area contributed by atoms with Gasteiger partial charge in [0.15, 0.2) is 0 Å². The van der Waals surface area contributed by atoms with Crippen LogP contribution in [0.25, 0.3) is 0 Å². The van der Waals surface area contributed by atoms with Gasteiger partial charge in [-0.25, -0.2) is 13.6 Å². The molecule has 0 aliphatic heterocycles. The van der Waals surface area contributed by atoms with Crippen LogP contribution in [0.3, 0.4) is 0 Å². The van der Waals surface area contributed by atoms with E-state index in [1.165, 1.54) is 0 Å². The Labute approximate surface area is 102 Å². The molecule has 0 aromatic carbocycles. The Morgan fingerprint density at radius 3 is 2.35 bits per heavy atom. The van der Waals surface area contributed by atoms with Gasteiger partial charge < -0.3 is 4.90 Å². The van der Waals surface area contributed by atoms with Crippen LogP contribution in [0, 0.1) is 5.92 Å². The first-order chi connectivity index (χ1) is 7.71. The SMILES string of the molecule is CC(C)Cn1c(CN(C)C)nnc1S(N)(=O)=O. The largest absolute Gasteiger partial charge is 0.302 e. The molecule has 0 radical (unpaired) electrons. The summed E-state index contributed by atoms with van der Waals surface area (Å²) in [6, 6.07) is 0. The minimum absolute atomic E-state index is 0.164. The molecular formula is C9H19N5O2S. The topological polar surface area (TPSA) is 94.1 Å². The highest BCUT2D eigenvalue weighted by Crippen LogP contribution is 2.11. The molecule has 0 saturated carbocycles. The van der Waals surface area contributed by atoms with E-state index in [0.29, 0.717) is 18.9 Å². The lowest BCUT2D eigenvalue weighted by Gasteiger charge is -2.14. The van der Waals surface area contributed by atoms with Crippen molar-refractivity contribution < 1.29 is 8.42 Å². The van der Waals surface area contributed by atoms with E-state index in [1.54, 1.807) is 4.57 Å². The molecule has 0 amide bonds. The number of hydrogen-bond donors (Lipinski definition) is 1. The van der Waals surface area contributed by atoms with Gasteiger partial charge in [0.25, 0.3) is 15.2 Å². The number of aromatic nitrogens is 3. The highest BCUT2D eigenvalue weighted by atomic mass is 32.2. The minimum Gasteiger partial charge on any atom is -0.302 e. The maximum Gasteiger partial charge on any atom is 0.273 e. The molecule has 0 aliphatic rings. The van der Waals surface area contributed by atoms with Gasteiger partial charge in [0.2, 0.25) is 0 Å². The van der Waals surface area contributed by atoms with Crippen LogP contribution >= 0.6 is 0 Å². The first kappa shape index (κ1) is 14.1. The van der Waals surface area contributed by atoms with Gasteiger partial charge in [-0.1, -0.05) is 13.8 Å². The molecule has 1 aromatic heterocycles. The third-order valence-electron chi connectivity index (χ3n) is 2.05. The zero-order chi connectivity index (χ0) is 13.2. The molecule has 1 aromatic rings. The fraction of sp³-hybridized carbons (Fsp3) is 0.778. The predicted molar refractivity (Wildman–Crippen MR) is 63.6 cm³/mol. The van der Waals surface area contributed by atoms with Crippen LogP contribution in [-0.4, -0.2) is 42.2 Å². The standard InChI is InChI=1S/C9H19N5O2S/c1-7(2)5-14-8(6-13(3)4)11-12-9(14)17(10,15)16/h7H,5-6H2,1-4H3,(H2,10,15,16). The van der Waals surface area contributed by atoms with Gasteiger partial charge in [-0.2, -0.15) is 0 Å². The van der Waals surface area contributed by atoms with Crippen LogP contribution in [0.5, 0.6) is 0 Å². The van der Waals surface area contributed by atoms with Crippen LogP contribution in [-0.2, 0) is 23.1 Å². The van der Waals surface area contributed by atoms with E-state index in [2.05, 4.69) is 10.2 Å². The Bertz CT molecular complexity index is 478. The quantitative estimate of drug-likeness (QED) is 0.781. The molecule has 2 N–H and O–H groups in total. The van der Waals surface area contributed by atoms with Gasteiger partial charge >= 0.3 is 0 Å². The molecule has 98 valence electrons. The summed E-state index contributed by atoms with van der Waals surface area (Å²) in [4.78, 5) is 1.90. The van der Waals surface area contributed by atoms with Gasteiger partial charge in [0.05, 0.1) is 6.54 Å². The Hall–Kier alpha value is -0.990. The number of rotatable bonds is 5. The molecule has 0 spiro atoms. The lowest BCUT2D eigenvalue weighted by Crippen LogP contribution is -2.23. The van der Waals surface area contributed by atoms with Gasteiger partial charge in [0, 0.05) is 6.54 Å². The van der Waals surface area contributed by atoms with Crippen molar-refractivity contribution in [2.24, 2.45) is 11.1 Å². The van der Waals surface area contributed by atoms with Crippen molar-refractivity contribution in [3.8, 4) is 0 Å². The zero-order valence-corrected chi connectivity index (χ0v) is 11.4. The Morgan fingerprint density at radius 2 is 1.94 bits per heavy atom. The number of primary sulfonamides is 1. The second-order valence-electron chi connectivity index (χ2n) is 4.69. The molecule has 7 nitrogen and oxygen atoms in total. The smallest absolute Gasteiger partial charge is 0.273 e. The number of sulfonamides is 1. The molecule has 0 atom stereocenters. The summed E-state index contributed by atoms with van der Waals surface area (Å²) in [5.74, 6) is 0.889. The van der Waals surface area contributed by atoms with E-state index in [0.717, 1.165) is 0 Å². The molecular weight excluding hydrogens is 242 g/mol. The summed E-state index contributed by atoms with van der Waals surface area (Å²) in [6.07, 6.45) is 0. The van der Waals surface area contributed by atoms with Crippen molar-refractivity contribution in [1.29, 1.82) is 0 Å². The first-order valence-corrected chi connectivity index (χ1v) is 6.86. The van der Waals surface area contributed by atoms with Crippen molar-refractivity contribution in [3.63, 3.8) is 0 Å². The summed E-state index contributed by atoms with van der Waals surface area (Å²) in [6.45, 7) is 5.04. The van der Waals surface area contributed by atoms with E-state index in [9.17, 15) is 8.42 Å². The van der Waals surface area contributed by atoms with Crippen LogP contribution in [0.15, 0.2) is 5.16 Å². The van der Waals surface area contributed by atoms with Crippen LogP contribution in [0.2, 0.25) is 0 Å². The van der Waals surface area contributed by atoms with Crippen molar-refractivity contribution in [2.45, 2.75) is 32.1 Å². The summed E-state index contributed by atoms with van der Waals surface area (Å²) >= 11 is 0. The van der Waals surface area contributed by atoms with E-state index in [4.69, 9.17) is 5.14 Å². The van der Waals surface area contributed by atoms with Gasteiger partial charge in [-0.15, -0.1) is 10.2 Å². The molecule has 1 rings (SSSR count). The summed E-state index contributed by atoms with van der Waals surface area (Å²) < 4.78 is 24.3. The average Bonchev–Trinajstić information content (AvgIpc) is 2.45. The first-order valence-electron chi connectivity index (χ1n) is 5.31. The normalized spacial score (nSPS) is 12.6. The second-order valence-corrected chi connectivity index (χ2v) is 6.14. The fourth-order valence-electron chi connectivity index (χ4n) is 1.48. The van der Waals surface area contributed by atoms with Crippen LogP contribution in [0.4, 0.5) is 0 Å². The molecule has 0 unspecified atom stereocenters. The number of nitrogens with zero attached hydrogens (tertiary/aromatic N) is 4. The van der Waals surface area contributed by atoms with Crippen molar-refractivity contribution in [2.75, 3.05) is 14.1 Å². The van der Waals surface area contributed by atoms with Gasteiger partial charge in [-0.05, 0) is 20.0 Å². The summed E-state index contributed by atoms with van der Waals surface area (Å²) in [7, 11) is -0.0633. The summed E-state index contributed by atoms with van der Waals surface area (Å²) in [5.41, 5.74) is 0. The van der Waals surface area contributed by atoms with E-state index in [-0.39, 0.29) is 11.1 Å². The van der Waals surface area contributed by atoms with E-state index in [1.807, 2.05) is 32.8 Å². The maximum atomic E-state index is 11.4. The van der Waals surface area contributed by atoms with Crippen LogP contribution < -0.4 is 5.14 Å². The maximum absolute atomic E-state index is 11.4. The third kappa shape index (κ3) is 3.76. The van der Waals surface area contributed by atoms with E-state index >= 15 is 0 Å². The van der Waals surface area contributed by atoms with Crippen LogP contribution in [0.1, 0.15) is 19.7 Å². The lowest BCUT2D eigenvalue weighted by molar-refractivity contribution is 0.367. The van der Waals surface area contributed by atoms with Crippen molar-refractivity contribution in [3.05, 3.63) is 5.82 Å². The van der Waals surface area contributed by atoms with Gasteiger partial charge in [0.1, 0.15) is 5.82 Å². The highest BCUT2D eigenvalue weighted by molar-refractivity contribution is 7.89.